The molecule has 0 unspecified atom stereocenters. The highest BCUT2D eigenvalue weighted by molar-refractivity contribution is 7.80. The van der Waals surface area contributed by atoms with Crippen LogP contribution >= 0.6 is 35.4 Å². The Morgan fingerprint density at radius 2 is 1.70 bits per heavy atom. The van der Waals surface area contributed by atoms with Crippen molar-refractivity contribution < 1.29 is 0 Å². The second-order valence-electron chi connectivity index (χ2n) is 5.98. The number of anilines is 1. The van der Waals surface area contributed by atoms with Crippen molar-refractivity contribution >= 4 is 52.4 Å². The van der Waals surface area contributed by atoms with E-state index in [1.165, 1.54) is 0 Å². The lowest BCUT2D eigenvalue weighted by Crippen LogP contribution is -2.23. The van der Waals surface area contributed by atoms with Crippen LogP contribution < -0.4 is 10.7 Å². The van der Waals surface area contributed by atoms with Crippen LogP contribution in [-0.2, 0) is 0 Å². The normalized spacial score (nSPS) is 11.0. The third-order valence-corrected chi connectivity index (χ3v) is 4.61. The highest BCUT2D eigenvalue weighted by Crippen LogP contribution is 2.26. The van der Waals surface area contributed by atoms with Crippen LogP contribution in [0.15, 0.2) is 59.7 Å². The molecule has 0 saturated heterocycles. The first-order valence-corrected chi connectivity index (χ1v) is 9.41. The summed E-state index contributed by atoms with van der Waals surface area (Å²) in [5, 5.41) is 8.92. The van der Waals surface area contributed by atoms with E-state index in [1.54, 1.807) is 12.3 Å². The largest absolute Gasteiger partial charge is 0.331 e. The summed E-state index contributed by atoms with van der Waals surface area (Å²) >= 11 is 17.5. The van der Waals surface area contributed by atoms with Gasteiger partial charge >= 0.3 is 0 Å². The molecule has 0 bridgehead atoms. The Kier molecular flexibility index (Phi) is 6.16. The SMILES string of the molecule is Cc1cc(/C=N\NC(=S)Nc2ccccc2)c(C)n1-c1cc(Cl)cc(Cl)c1. The predicted molar refractivity (Wildman–Crippen MR) is 119 cm³/mol. The molecule has 0 aliphatic rings. The average Bonchev–Trinajstić information content (AvgIpc) is 2.88. The maximum atomic E-state index is 6.14. The van der Waals surface area contributed by atoms with Gasteiger partial charge in [-0.25, -0.2) is 0 Å². The lowest BCUT2D eigenvalue weighted by Gasteiger charge is -2.10. The van der Waals surface area contributed by atoms with Gasteiger partial charge in [0.15, 0.2) is 5.11 Å². The Bertz CT molecular complexity index is 976. The zero-order valence-electron chi connectivity index (χ0n) is 14.8. The van der Waals surface area contributed by atoms with Gasteiger partial charge in [0.25, 0.3) is 0 Å². The molecule has 27 heavy (non-hydrogen) atoms. The fourth-order valence-corrected chi connectivity index (χ4v) is 3.51. The summed E-state index contributed by atoms with van der Waals surface area (Å²) in [6.07, 6.45) is 1.74. The van der Waals surface area contributed by atoms with Crippen LogP contribution in [0.1, 0.15) is 17.0 Å². The molecule has 1 heterocycles. The molecule has 2 aromatic carbocycles. The number of aryl methyl sites for hydroxylation is 1. The average molecular weight is 417 g/mol. The van der Waals surface area contributed by atoms with Gasteiger partial charge in [0.1, 0.15) is 0 Å². The second kappa shape index (κ2) is 8.57. The summed E-state index contributed by atoms with van der Waals surface area (Å²) < 4.78 is 2.08. The number of nitrogens with one attached hydrogen (secondary N) is 2. The molecule has 7 heteroatoms. The molecule has 0 radical (unpaired) electrons. The molecule has 0 fully saturated rings. The van der Waals surface area contributed by atoms with Crippen molar-refractivity contribution in [3.8, 4) is 5.69 Å². The van der Waals surface area contributed by atoms with Crippen LogP contribution in [0.3, 0.4) is 0 Å². The van der Waals surface area contributed by atoms with Crippen molar-refractivity contribution in [3.05, 3.63) is 81.6 Å². The number of hydrogen-bond donors (Lipinski definition) is 2. The molecule has 138 valence electrons. The summed E-state index contributed by atoms with van der Waals surface area (Å²) in [4.78, 5) is 0. The molecule has 0 saturated carbocycles. The van der Waals surface area contributed by atoms with Gasteiger partial charge in [-0.05, 0) is 62.5 Å². The Morgan fingerprint density at radius 1 is 1.04 bits per heavy atom. The third kappa shape index (κ3) is 4.89. The van der Waals surface area contributed by atoms with Crippen molar-refractivity contribution in [2.24, 2.45) is 5.10 Å². The van der Waals surface area contributed by atoms with E-state index in [9.17, 15) is 0 Å². The van der Waals surface area contributed by atoms with Gasteiger partial charge in [-0.2, -0.15) is 5.10 Å². The molecule has 2 N–H and O–H groups in total. The van der Waals surface area contributed by atoms with Crippen LogP contribution in [-0.4, -0.2) is 15.9 Å². The Morgan fingerprint density at radius 3 is 2.37 bits per heavy atom. The summed E-state index contributed by atoms with van der Waals surface area (Å²) in [5.41, 5.74) is 7.70. The molecular formula is C20H18Cl2N4S. The quantitative estimate of drug-likeness (QED) is 0.324. The van der Waals surface area contributed by atoms with Gasteiger partial charge in [-0.1, -0.05) is 41.4 Å². The number of thiocarbonyl (C=S) groups is 1. The maximum Gasteiger partial charge on any atom is 0.191 e. The van der Waals surface area contributed by atoms with Gasteiger partial charge in [0.2, 0.25) is 0 Å². The first kappa shape index (κ1) is 19.4. The minimum Gasteiger partial charge on any atom is -0.331 e. The molecule has 0 spiro atoms. The molecule has 3 rings (SSSR count). The Balaban J connectivity index is 1.74. The molecule has 1 aromatic heterocycles. The minimum atomic E-state index is 0.424. The zero-order valence-corrected chi connectivity index (χ0v) is 17.2. The number of para-hydroxylation sites is 1. The number of hydrazone groups is 1. The monoisotopic (exact) mass is 416 g/mol. The topological polar surface area (TPSA) is 41.4 Å². The molecule has 0 atom stereocenters. The molecule has 3 aromatic rings. The predicted octanol–water partition coefficient (Wildman–Crippen LogP) is 5.72. The summed E-state index contributed by atoms with van der Waals surface area (Å²) in [6, 6.07) is 17.2. The number of rotatable bonds is 4. The third-order valence-electron chi connectivity index (χ3n) is 3.98. The van der Waals surface area contributed by atoms with Crippen molar-refractivity contribution in [3.63, 3.8) is 0 Å². The number of benzene rings is 2. The van der Waals surface area contributed by atoms with Crippen LogP contribution in [0.5, 0.6) is 0 Å². The standard InChI is InChI=1S/C20H18Cl2N4S/c1-13-8-15(12-23-25-20(27)24-18-6-4-3-5-7-18)14(2)26(13)19-10-16(21)9-17(22)11-19/h3-12H,1-2H3,(H2,24,25,27)/b23-12-. The van der Waals surface area contributed by atoms with E-state index < -0.39 is 0 Å². The highest BCUT2D eigenvalue weighted by atomic mass is 35.5. The van der Waals surface area contributed by atoms with E-state index in [0.717, 1.165) is 28.3 Å². The van der Waals surface area contributed by atoms with Crippen LogP contribution in [0.25, 0.3) is 5.69 Å². The van der Waals surface area contributed by atoms with E-state index in [-0.39, 0.29) is 0 Å². The summed E-state index contributed by atoms with van der Waals surface area (Å²) in [5.74, 6) is 0. The lowest BCUT2D eigenvalue weighted by atomic mass is 10.2. The van der Waals surface area contributed by atoms with Gasteiger partial charge in [0.05, 0.1) is 6.21 Å². The first-order valence-electron chi connectivity index (χ1n) is 8.24. The van der Waals surface area contributed by atoms with E-state index in [4.69, 9.17) is 35.4 Å². The number of aromatic nitrogens is 1. The van der Waals surface area contributed by atoms with Gasteiger partial charge in [0, 0.05) is 38.4 Å². The summed E-state index contributed by atoms with van der Waals surface area (Å²) in [7, 11) is 0. The van der Waals surface area contributed by atoms with Crippen LogP contribution in [0.2, 0.25) is 10.0 Å². The first-order chi connectivity index (χ1) is 12.9. The van der Waals surface area contributed by atoms with Crippen molar-refractivity contribution in [1.29, 1.82) is 0 Å². The van der Waals surface area contributed by atoms with Crippen molar-refractivity contribution in [2.45, 2.75) is 13.8 Å². The van der Waals surface area contributed by atoms with Crippen LogP contribution in [0, 0.1) is 13.8 Å². The van der Waals surface area contributed by atoms with E-state index in [1.807, 2.05) is 62.4 Å². The number of halogens is 2. The summed E-state index contributed by atoms with van der Waals surface area (Å²) in [6.45, 7) is 4.04. The second-order valence-corrected chi connectivity index (χ2v) is 7.26. The van der Waals surface area contributed by atoms with Gasteiger partial charge < -0.3 is 9.88 Å². The molecule has 0 amide bonds. The molecule has 0 aliphatic carbocycles. The Labute approximate surface area is 173 Å². The maximum absolute atomic E-state index is 6.14. The molecule has 4 nitrogen and oxygen atoms in total. The minimum absolute atomic E-state index is 0.424. The molecule has 0 aliphatic heterocycles. The van der Waals surface area contributed by atoms with E-state index >= 15 is 0 Å². The number of hydrogen-bond acceptors (Lipinski definition) is 2. The van der Waals surface area contributed by atoms with Gasteiger partial charge in [-0.15, -0.1) is 0 Å². The van der Waals surface area contributed by atoms with E-state index in [0.29, 0.717) is 15.2 Å². The zero-order chi connectivity index (χ0) is 19.4. The fourth-order valence-electron chi connectivity index (χ4n) is 2.82. The molecular weight excluding hydrogens is 399 g/mol. The Hall–Kier alpha value is -2.34. The number of nitrogens with zero attached hydrogens (tertiary/aromatic N) is 2. The van der Waals surface area contributed by atoms with E-state index in [2.05, 4.69) is 20.4 Å². The fraction of sp³-hybridized carbons (Fsp3) is 0.100. The van der Waals surface area contributed by atoms with Gasteiger partial charge in [-0.3, -0.25) is 5.43 Å². The smallest absolute Gasteiger partial charge is 0.191 e. The van der Waals surface area contributed by atoms with Crippen LogP contribution in [0.4, 0.5) is 5.69 Å². The highest BCUT2D eigenvalue weighted by Gasteiger charge is 2.10. The van der Waals surface area contributed by atoms with Crippen molar-refractivity contribution in [1.82, 2.24) is 9.99 Å². The lowest BCUT2D eigenvalue weighted by molar-refractivity contribution is 0.964. The van der Waals surface area contributed by atoms with Crippen molar-refractivity contribution in [2.75, 3.05) is 5.32 Å².